The van der Waals surface area contributed by atoms with Crippen LogP contribution < -0.4 is 5.32 Å². The maximum absolute atomic E-state index is 3.71. The summed E-state index contributed by atoms with van der Waals surface area (Å²) in [5, 5.41) is 3.71. The first-order valence-corrected chi connectivity index (χ1v) is 7.30. The summed E-state index contributed by atoms with van der Waals surface area (Å²) in [6.07, 6.45) is 5.33. The molecule has 0 heterocycles. The second-order valence-corrected chi connectivity index (χ2v) is 6.03. The number of rotatable bonds is 6. The van der Waals surface area contributed by atoms with Crippen molar-refractivity contribution in [3.63, 3.8) is 0 Å². The number of fused-ring (bicyclic) bond motifs is 1. The van der Waals surface area contributed by atoms with Gasteiger partial charge in [-0.25, -0.2) is 0 Å². The number of nitrogens with one attached hydrogen (secondary N) is 1. The van der Waals surface area contributed by atoms with Gasteiger partial charge in [0.2, 0.25) is 0 Å². The van der Waals surface area contributed by atoms with Gasteiger partial charge in [0.1, 0.15) is 0 Å². The SMILES string of the molecule is CN(CCNC1Cc2ccccc2C1)CC1CC1. The van der Waals surface area contributed by atoms with Crippen molar-refractivity contribution in [3.05, 3.63) is 35.4 Å². The van der Waals surface area contributed by atoms with Crippen molar-refractivity contribution < 1.29 is 0 Å². The summed E-state index contributed by atoms with van der Waals surface area (Å²) in [4.78, 5) is 2.48. The molecular formula is C16H24N2. The van der Waals surface area contributed by atoms with Crippen molar-refractivity contribution in [1.29, 1.82) is 0 Å². The molecule has 0 aromatic heterocycles. The second-order valence-electron chi connectivity index (χ2n) is 6.03. The molecule has 0 radical (unpaired) electrons. The van der Waals surface area contributed by atoms with Crippen LogP contribution in [0.4, 0.5) is 0 Å². The first-order valence-electron chi connectivity index (χ1n) is 7.30. The predicted molar refractivity (Wildman–Crippen MR) is 75.9 cm³/mol. The third kappa shape index (κ3) is 3.12. The predicted octanol–water partition coefficient (Wildman–Crippen LogP) is 2.09. The van der Waals surface area contributed by atoms with E-state index in [0.717, 1.165) is 12.5 Å². The van der Waals surface area contributed by atoms with Gasteiger partial charge in [-0.05, 0) is 49.8 Å². The Morgan fingerprint density at radius 3 is 2.44 bits per heavy atom. The molecular weight excluding hydrogens is 220 g/mol. The van der Waals surface area contributed by atoms with E-state index in [-0.39, 0.29) is 0 Å². The van der Waals surface area contributed by atoms with Crippen LogP contribution in [-0.2, 0) is 12.8 Å². The maximum atomic E-state index is 3.71. The number of hydrogen-bond acceptors (Lipinski definition) is 2. The first-order chi connectivity index (χ1) is 8.81. The fourth-order valence-corrected chi connectivity index (χ4v) is 3.00. The van der Waals surface area contributed by atoms with Crippen molar-refractivity contribution in [2.75, 3.05) is 26.7 Å². The molecule has 1 fully saturated rings. The molecule has 0 aliphatic heterocycles. The molecule has 1 aromatic carbocycles. The first kappa shape index (κ1) is 12.2. The normalized spacial score (nSPS) is 19.4. The van der Waals surface area contributed by atoms with Gasteiger partial charge in [0.25, 0.3) is 0 Å². The van der Waals surface area contributed by atoms with E-state index in [4.69, 9.17) is 0 Å². The molecule has 0 bridgehead atoms. The Morgan fingerprint density at radius 1 is 1.17 bits per heavy atom. The summed E-state index contributed by atoms with van der Waals surface area (Å²) in [7, 11) is 2.25. The van der Waals surface area contributed by atoms with Crippen molar-refractivity contribution in [1.82, 2.24) is 10.2 Å². The van der Waals surface area contributed by atoms with Gasteiger partial charge in [-0.15, -0.1) is 0 Å². The van der Waals surface area contributed by atoms with Crippen LogP contribution in [-0.4, -0.2) is 37.6 Å². The third-order valence-electron chi connectivity index (χ3n) is 4.24. The Labute approximate surface area is 110 Å². The number of hydrogen-bond donors (Lipinski definition) is 1. The molecule has 1 saturated carbocycles. The van der Waals surface area contributed by atoms with Gasteiger partial charge >= 0.3 is 0 Å². The van der Waals surface area contributed by atoms with Crippen LogP contribution in [0.2, 0.25) is 0 Å². The molecule has 0 amide bonds. The molecule has 98 valence electrons. The van der Waals surface area contributed by atoms with Gasteiger partial charge < -0.3 is 10.2 Å². The Balaban J connectivity index is 1.37. The van der Waals surface area contributed by atoms with Crippen LogP contribution in [0.3, 0.4) is 0 Å². The molecule has 0 saturated heterocycles. The highest BCUT2D eigenvalue weighted by molar-refractivity contribution is 5.33. The molecule has 2 heteroatoms. The largest absolute Gasteiger partial charge is 0.312 e. The Kier molecular flexibility index (Phi) is 3.67. The van der Waals surface area contributed by atoms with E-state index in [1.54, 1.807) is 11.1 Å². The zero-order valence-electron chi connectivity index (χ0n) is 11.4. The fourth-order valence-electron chi connectivity index (χ4n) is 3.00. The summed E-state index contributed by atoms with van der Waals surface area (Å²) in [5.41, 5.74) is 3.09. The minimum Gasteiger partial charge on any atom is -0.312 e. The van der Waals surface area contributed by atoms with Crippen molar-refractivity contribution in [2.24, 2.45) is 5.92 Å². The highest BCUT2D eigenvalue weighted by Gasteiger charge is 2.23. The lowest BCUT2D eigenvalue weighted by Crippen LogP contribution is -2.36. The lowest BCUT2D eigenvalue weighted by atomic mass is 10.1. The molecule has 3 rings (SSSR count). The Morgan fingerprint density at radius 2 is 1.83 bits per heavy atom. The molecule has 2 nitrogen and oxygen atoms in total. The monoisotopic (exact) mass is 244 g/mol. The number of likely N-dealkylation sites (N-methyl/N-ethyl adjacent to an activating group) is 1. The smallest absolute Gasteiger partial charge is 0.0149 e. The molecule has 1 aromatic rings. The Bertz CT molecular complexity index is 373. The van der Waals surface area contributed by atoms with Crippen LogP contribution in [0.5, 0.6) is 0 Å². The van der Waals surface area contributed by atoms with E-state index in [9.17, 15) is 0 Å². The quantitative estimate of drug-likeness (QED) is 0.824. The molecule has 0 spiro atoms. The second kappa shape index (κ2) is 5.41. The van der Waals surface area contributed by atoms with E-state index in [2.05, 4.69) is 41.5 Å². The number of nitrogens with zero attached hydrogens (tertiary/aromatic N) is 1. The van der Waals surface area contributed by atoms with Gasteiger partial charge in [-0.1, -0.05) is 24.3 Å². The lowest BCUT2D eigenvalue weighted by Gasteiger charge is -2.18. The van der Waals surface area contributed by atoms with Crippen LogP contribution in [0, 0.1) is 5.92 Å². The van der Waals surface area contributed by atoms with Crippen molar-refractivity contribution >= 4 is 0 Å². The van der Waals surface area contributed by atoms with Crippen LogP contribution >= 0.6 is 0 Å². The average Bonchev–Trinajstić information content (AvgIpc) is 3.07. The van der Waals surface area contributed by atoms with Gasteiger partial charge in [-0.3, -0.25) is 0 Å². The van der Waals surface area contributed by atoms with E-state index >= 15 is 0 Å². The zero-order chi connectivity index (χ0) is 12.4. The molecule has 1 N–H and O–H groups in total. The van der Waals surface area contributed by atoms with Gasteiger partial charge in [0, 0.05) is 25.7 Å². The third-order valence-corrected chi connectivity index (χ3v) is 4.24. The van der Waals surface area contributed by atoms with E-state index in [1.807, 2.05) is 0 Å². The van der Waals surface area contributed by atoms with Crippen molar-refractivity contribution in [3.8, 4) is 0 Å². The van der Waals surface area contributed by atoms with E-state index in [1.165, 1.54) is 38.8 Å². The molecule has 2 aliphatic rings. The molecule has 0 unspecified atom stereocenters. The van der Waals surface area contributed by atoms with Crippen molar-refractivity contribution in [2.45, 2.75) is 31.7 Å². The van der Waals surface area contributed by atoms with Gasteiger partial charge in [0.15, 0.2) is 0 Å². The highest BCUT2D eigenvalue weighted by atomic mass is 15.1. The summed E-state index contributed by atoms with van der Waals surface area (Å²) in [6.45, 7) is 3.61. The summed E-state index contributed by atoms with van der Waals surface area (Å²) >= 11 is 0. The van der Waals surface area contributed by atoms with Crippen LogP contribution in [0.15, 0.2) is 24.3 Å². The maximum Gasteiger partial charge on any atom is 0.0149 e. The minimum absolute atomic E-state index is 0.664. The topological polar surface area (TPSA) is 15.3 Å². The van der Waals surface area contributed by atoms with E-state index in [0.29, 0.717) is 6.04 Å². The molecule has 0 atom stereocenters. The lowest BCUT2D eigenvalue weighted by molar-refractivity contribution is 0.312. The molecule has 18 heavy (non-hydrogen) atoms. The fraction of sp³-hybridized carbons (Fsp3) is 0.625. The van der Waals surface area contributed by atoms with Crippen LogP contribution in [0.25, 0.3) is 0 Å². The molecule has 2 aliphatic carbocycles. The standard InChI is InChI=1S/C16H24N2/c1-18(12-13-6-7-13)9-8-17-16-10-14-4-2-3-5-15(14)11-16/h2-5,13,16-17H,6-12H2,1H3. The zero-order valence-corrected chi connectivity index (χ0v) is 11.4. The number of benzene rings is 1. The van der Waals surface area contributed by atoms with E-state index < -0.39 is 0 Å². The summed E-state index contributed by atoms with van der Waals surface area (Å²) in [5.74, 6) is 1.01. The highest BCUT2D eigenvalue weighted by Crippen LogP contribution is 2.29. The van der Waals surface area contributed by atoms with Gasteiger partial charge in [-0.2, -0.15) is 0 Å². The van der Waals surface area contributed by atoms with Gasteiger partial charge in [0.05, 0.1) is 0 Å². The summed E-state index contributed by atoms with van der Waals surface area (Å²) < 4.78 is 0. The van der Waals surface area contributed by atoms with Crippen LogP contribution in [0.1, 0.15) is 24.0 Å². The average molecular weight is 244 g/mol. The Hall–Kier alpha value is -0.860. The minimum atomic E-state index is 0.664. The summed E-state index contributed by atoms with van der Waals surface area (Å²) in [6, 6.07) is 9.53.